The maximum atomic E-state index is 13.1. The van der Waals surface area contributed by atoms with Crippen molar-refractivity contribution in [3.63, 3.8) is 0 Å². The third kappa shape index (κ3) is 4.19. The summed E-state index contributed by atoms with van der Waals surface area (Å²) in [5.74, 6) is 0.719. The van der Waals surface area contributed by atoms with Crippen LogP contribution in [0.15, 0.2) is 41.3 Å². The van der Waals surface area contributed by atoms with Gasteiger partial charge in [-0.2, -0.15) is 4.31 Å². The first-order valence-electron chi connectivity index (χ1n) is 9.46. The Labute approximate surface area is 174 Å². The summed E-state index contributed by atoms with van der Waals surface area (Å²) in [7, 11) is -3.77. The lowest BCUT2D eigenvalue weighted by molar-refractivity contribution is 0.102. The van der Waals surface area contributed by atoms with Gasteiger partial charge in [0.2, 0.25) is 16.8 Å². The second kappa shape index (κ2) is 8.22. The molecule has 1 fully saturated rings. The first-order valence-corrected chi connectivity index (χ1v) is 11.3. The van der Waals surface area contributed by atoms with Crippen LogP contribution in [0.2, 0.25) is 5.02 Å². The molecule has 0 spiro atoms. The van der Waals surface area contributed by atoms with Crippen LogP contribution < -0.4 is 14.8 Å². The molecule has 9 heteroatoms. The Bertz CT molecular complexity index is 1030. The second-order valence-corrected chi connectivity index (χ2v) is 9.30. The third-order valence-electron chi connectivity index (χ3n) is 5.01. The molecule has 2 heterocycles. The Morgan fingerprint density at radius 1 is 0.966 bits per heavy atom. The van der Waals surface area contributed by atoms with Crippen LogP contribution in [0.4, 0.5) is 5.69 Å². The van der Waals surface area contributed by atoms with E-state index in [1.54, 1.807) is 18.2 Å². The molecular weight excluding hydrogens is 416 g/mol. The molecule has 1 amide bonds. The van der Waals surface area contributed by atoms with Crippen LogP contribution in [-0.2, 0) is 10.0 Å². The molecule has 0 unspecified atom stereocenters. The van der Waals surface area contributed by atoms with Crippen LogP contribution in [0.5, 0.6) is 11.5 Å². The lowest BCUT2D eigenvalue weighted by Crippen LogP contribution is -2.32. The van der Waals surface area contributed by atoms with Crippen molar-refractivity contribution < 1.29 is 22.7 Å². The van der Waals surface area contributed by atoms with Crippen LogP contribution in [-0.4, -0.2) is 38.5 Å². The summed E-state index contributed by atoms with van der Waals surface area (Å²) < 4.78 is 38.2. The first-order chi connectivity index (χ1) is 13.9. The van der Waals surface area contributed by atoms with Gasteiger partial charge in [-0.15, -0.1) is 0 Å². The van der Waals surface area contributed by atoms with Crippen molar-refractivity contribution in [1.29, 1.82) is 0 Å². The van der Waals surface area contributed by atoms with Gasteiger partial charge in [-0.25, -0.2) is 8.42 Å². The fourth-order valence-corrected chi connectivity index (χ4v) is 5.46. The van der Waals surface area contributed by atoms with Gasteiger partial charge < -0.3 is 14.8 Å². The van der Waals surface area contributed by atoms with Crippen LogP contribution in [0, 0.1) is 0 Å². The number of rotatable bonds is 4. The Hall–Kier alpha value is -2.29. The SMILES string of the molecule is O=C(Nc1ccc2c(c1)OCO2)c1ccc(Cl)c(S(=O)(=O)N2CCCCCC2)c1. The zero-order valence-corrected chi connectivity index (χ0v) is 17.3. The van der Waals surface area contributed by atoms with Crippen molar-refractivity contribution in [2.24, 2.45) is 0 Å². The Kier molecular flexibility index (Phi) is 5.67. The highest BCUT2D eigenvalue weighted by Crippen LogP contribution is 2.34. The summed E-state index contributed by atoms with van der Waals surface area (Å²) in [5.41, 5.74) is 0.728. The molecule has 2 aromatic carbocycles. The number of hydrogen-bond donors (Lipinski definition) is 1. The monoisotopic (exact) mass is 436 g/mol. The maximum Gasteiger partial charge on any atom is 0.255 e. The van der Waals surface area contributed by atoms with Crippen molar-refractivity contribution in [3.05, 3.63) is 47.0 Å². The average Bonchev–Trinajstić information content (AvgIpc) is 2.98. The molecule has 2 aliphatic heterocycles. The number of benzene rings is 2. The summed E-state index contributed by atoms with van der Waals surface area (Å²) in [4.78, 5) is 12.7. The average molecular weight is 437 g/mol. The molecule has 7 nitrogen and oxygen atoms in total. The summed E-state index contributed by atoms with van der Waals surface area (Å²) >= 11 is 6.20. The van der Waals surface area contributed by atoms with Gasteiger partial charge in [0.25, 0.3) is 5.91 Å². The number of ether oxygens (including phenoxy) is 2. The predicted molar refractivity (Wildman–Crippen MR) is 109 cm³/mol. The molecule has 29 heavy (non-hydrogen) atoms. The van der Waals surface area contributed by atoms with Gasteiger partial charge in [0.05, 0.1) is 5.02 Å². The number of carbonyl (C=O) groups excluding carboxylic acids is 1. The zero-order chi connectivity index (χ0) is 20.4. The maximum absolute atomic E-state index is 13.1. The van der Waals surface area contributed by atoms with Gasteiger partial charge in [0.15, 0.2) is 11.5 Å². The quantitative estimate of drug-likeness (QED) is 0.786. The van der Waals surface area contributed by atoms with E-state index in [-0.39, 0.29) is 22.3 Å². The predicted octanol–water partition coefficient (Wildman–Crippen LogP) is 3.89. The lowest BCUT2D eigenvalue weighted by Gasteiger charge is -2.21. The normalized spacial score (nSPS) is 17.0. The standard InChI is InChI=1S/C20H21ClN2O5S/c21-16-7-5-14(11-19(16)29(25,26)23-9-3-1-2-4-10-23)20(24)22-15-6-8-17-18(12-15)28-13-27-17/h5-8,11-12H,1-4,9-10,13H2,(H,22,24). The van der Waals surface area contributed by atoms with E-state index in [0.29, 0.717) is 30.3 Å². The van der Waals surface area contributed by atoms with Gasteiger partial charge in [0.1, 0.15) is 4.90 Å². The summed E-state index contributed by atoms with van der Waals surface area (Å²) in [6.07, 6.45) is 3.66. The lowest BCUT2D eigenvalue weighted by atomic mass is 10.2. The highest BCUT2D eigenvalue weighted by molar-refractivity contribution is 7.89. The van der Waals surface area contributed by atoms with E-state index in [0.717, 1.165) is 25.7 Å². The largest absolute Gasteiger partial charge is 0.454 e. The number of nitrogens with zero attached hydrogens (tertiary/aromatic N) is 1. The van der Waals surface area contributed by atoms with Gasteiger partial charge in [-0.05, 0) is 43.2 Å². The van der Waals surface area contributed by atoms with Gasteiger partial charge in [-0.1, -0.05) is 24.4 Å². The fourth-order valence-electron chi connectivity index (χ4n) is 3.44. The number of anilines is 1. The highest BCUT2D eigenvalue weighted by atomic mass is 35.5. The van der Waals surface area contributed by atoms with E-state index in [1.807, 2.05) is 0 Å². The smallest absolute Gasteiger partial charge is 0.255 e. The van der Waals surface area contributed by atoms with Gasteiger partial charge in [-0.3, -0.25) is 4.79 Å². The Balaban J connectivity index is 1.58. The molecule has 0 aromatic heterocycles. The molecular formula is C20H21ClN2O5S. The molecule has 2 aromatic rings. The van der Waals surface area contributed by atoms with Crippen molar-refractivity contribution in [1.82, 2.24) is 4.31 Å². The number of hydrogen-bond acceptors (Lipinski definition) is 5. The minimum Gasteiger partial charge on any atom is -0.454 e. The molecule has 0 saturated carbocycles. The molecule has 0 aliphatic carbocycles. The molecule has 0 radical (unpaired) electrons. The molecule has 4 rings (SSSR count). The zero-order valence-electron chi connectivity index (χ0n) is 15.7. The Morgan fingerprint density at radius 2 is 1.69 bits per heavy atom. The van der Waals surface area contributed by atoms with Crippen molar-refractivity contribution in [2.45, 2.75) is 30.6 Å². The molecule has 2 aliphatic rings. The van der Waals surface area contributed by atoms with Crippen LogP contribution in [0.1, 0.15) is 36.0 Å². The number of nitrogens with one attached hydrogen (secondary N) is 1. The molecule has 0 bridgehead atoms. The third-order valence-corrected chi connectivity index (χ3v) is 7.39. The topological polar surface area (TPSA) is 84.9 Å². The molecule has 154 valence electrons. The van der Waals surface area contributed by atoms with E-state index < -0.39 is 15.9 Å². The van der Waals surface area contributed by atoms with Crippen LogP contribution in [0.25, 0.3) is 0 Å². The number of amides is 1. The van der Waals surface area contributed by atoms with Crippen molar-refractivity contribution >= 4 is 33.2 Å². The Morgan fingerprint density at radius 3 is 2.45 bits per heavy atom. The fraction of sp³-hybridized carbons (Fsp3) is 0.350. The highest BCUT2D eigenvalue weighted by Gasteiger charge is 2.28. The van der Waals surface area contributed by atoms with Gasteiger partial charge in [0, 0.05) is 30.4 Å². The van der Waals surface area contributed by atoms with Gasteiger partial charge >= 0.3 is 0 Å². The van der Waals surface area contributed by atoms with Crippen LogP contribution in [0.3, 0.4) is 0 Å². The van der Waals surface area contributed by atoms with E-state index >= 15 is 0 Å². The summed E-state index contributed by atoms with van der Waals surface area (Å²) in [6.45, 7) is 1.07. The molecule has 0 atom stereocenters. The molecule has 1 N–H and O–H groups in total. The van der Waals surface area contributed by atoms with Crippen molar-refractivity contribution in [2.75, 3.05) is 25.2 Å². The number of fused-ring (bicyclic) bond motifs is 1. The van der Waals surface area contributed by atoms with E-state index in [1.165, 1.54) is 22.5 Å². The summed E-state index contributed by atoms with van der Waals surface area (Å²) in [5, 5.41) is 2.86. The van der Waals surface area contributed by atoms with Crippen LogP contribution >= 0.6 is 11.6 Å². The second-order valence-electron chi connectivity index (χ2n) is 6.99. The summed E-state index contributed by atoms with van der Waals surface area (Å²) in [6, 6.07) is 9.34. The minimum absolute atomic E-state index is 0.0422. The van der Waals surface area contributed by atoms with E-state index in [4.69, 9.17) is 21.1 Å². The van der Waals surface area contributed by atoms with E-state index in [2.05, 4.69) is 5.32 Å². The van der Waals surface area contributed by atoms with E-state index in [9.17, 15) is 13.2 Å². The molecule has 1 saturated heterocycles. The number of sulfonamides is 1. The van der Waals surface area contributed by atoms with Crippen molar-refractivity contribution in [3.8, 4) is 11.5 Å². The minimum atomic E-state index is -3.77. The first kappa shape index (κ1) is 20.0. The number of halogens is 1. The number of carbonyl (C=O) groups is 1.